The summed E-state index contributed by atoms with van der Waals surface area (Å²) in [6.45, 7) is 2.13. The first-order valence-electron chi connectivity index (χ1n) is 6.17. The molecular formula is C15H18O2S. The molecule has 0 radical (unpaired) electrons. The van der Waals surface area contributed by atoms with Crippen LogP contribution in [0.2, 0.25) is 0 Å². The number of rotatable bonds is 6. The van der Waals surface area contributed by atoms with E-state index in [1.54, 1.807) is 17.4 Å². The molecule has 1 aromatic heterocycles. The van der Waals surface area contributed by atoms with E-state index in [9.17, 15) is 4.79 Å². The van der Waals surface area contributed by atoms with Gasteiger partial charge in [0.25, 0.3) is 0 Å². The molecule has 2 nitrogen and oxygen atoms in total. The minimum atomic E-state index is -0.905. The fourth-order valence-corrected chi connectivity index (χ4v) is 2.42. The van der Waals surface area contributed by atoms with Gasteiger partial charge in [-0.25, -0.2) is 4.79 Å². The van der Waals surface area contributed by atoms with Gasteiger partial charge in [0.1, 0.15) is 0 Å². The second kappa shape index (κ2) is 8.54. The molecule has 0 amide bonds. The van der Waals surface area contributed by atoms with Crippen LogP contribution < -0.4 is 0 Å². The summed E-state index contributed by atoms with van der Waals surface area (Å²) in [5, 5.41) is 10.6. The molecule has 0 aromatic carbocycles. The van der Waals surface area contributed by atoms with Crippen molar-refractivity contribution in [3.8, 4) is 11.8 Å². The van der Waals surface area contributed by atoms with Crippen molar-refractivity contribution < 1.29 is 9.90 Å². The summed E-state index contributed by atoms with van der Waals surface area (Å²) in [6, 6.07) is 1.96. The maximum atomic E-state index is 10.5. The Morgan fingerprint density at radius 3 is 2.94 bits per heavy atom. The molecule has 1 aromatic rings. The number of aliphatic carboxylic acids is 1. The monoisotopic (exact) mass is 262 g/mol. The van der Waals surface area contributed by atoms with Gasteiger partial charge in [0.05, 0.1) is 0 Å². The van der Waals surface area contributed by atoms with Crippen molar-refractivity contribution in [3.05, 3.63) is 28.0 Å². The maximum Gasteiger partial charge on any atom is 0.328 e. The Balaban J connectivity index is 2.41. The summed E-state index contributed by atoms with van der Waals surface area (Å²) < 4.78 is 0. The van der Waals surface area contributed by atoms with Crippen molar-refractivity contribution in [2.24, 2.45) is 0 Å². The minimum absolute atomic E-state index is 0.905. The van der Waals surface area contributed by atoms with Gasteiger partial charge in [-0.1, -0.05) is 6.92 Å². The van der Waals surface area contributed by atoms with Crippen molar-refractivity contribution in [1.82, 2.24) is 0 Å². The Bertz CT molecular complexity index is 460. The summed E-state index contributed by atoms with van der Waals surface area (Å²) >= 11 is 1.68. The van der Waals surface area contributed by atoms with Crippen LogP contribution in [-0.2, 0) is 11.2 Å². The lowest BCUT2D eigenvalue weighted by atomic mass is 10.1. The van der Waals surface area contributed by atoms with E-state index in [0.717, 1.165) is 37.7 Å². The average molecular weight is 262 g/mol. The molecule has 18 heavy (non-hydrogen) atoms. The smallest absolute Gasteiger partial charge is 0.328 e. The van der Waals surface area contributed by atoms with Crippen molar-refractivity contribution >= 4 is 23.4 Å². The molecule has 0 saturated heterocycles. The highest BCUT2D eigenvalue weighted by atomic mass is 32.1. The molecule has 1 rings (SSSR count). The van der Waals surface area contributed by atoms with Crippen LogP contribution in [0.15, 0.2) is 17.5 Å². The number of carboxylic acids is 1. The minimum Gasteiger partial charge on any atom is -0.478 e. The third kappa shape index (κ3) is 5.70. The quantitative estimate of drug-likeness (QED) is 0.478. The highest BCUT2D eigenvalue weighted by molar-refractivity contribution is 7.10. The molecule has 0 bridgehead atoms. The van der Waals surface area contributed by atoms with Gasteiger partial charge in [-0.05, 0) is 42.3 Å². The van der Waals surface area contributed by atoms with E-state index in [2.05, 4.69) is 18.8 Å². The van der Waals surface area contributed by atoms with Crippen LogP contribution in [0.3, 0.4) is 0 Å². The number of unbranched alkanes of at least 4 members (excludes halogenated alkanes) is 2. The molecule has 0 aliphatic rings. The predicted octanol–water partition coefficient (Wildman–Crippen LogP) is 3.97. The Hall–Kier alpha value is -1.53. The second-order valence-electron chi connectivity index (χ2n) is 3.93. The van der Waals surface area contributed by atoms with Gasteiger partial charge in [0, 0.05) is 23.8 Å². The molecular weight excluding hydrogens is 244 g/mol. The van der Waals surface area contributed by atoms with Crippen molar-refractivity contribution in [2.45, 2.75) is 39.0 Å². The molecule has 0 atom stereocenters. The topological polar surface area (TPSA) is 37.3 Å². The lowest BCUT2D eigenvalue weighted by molar-refractivity contribution is -0.131. The highest BCUT2D eigenvalue weighted by Crippen LogP contribution is 2.20. The molecule has 3 heteroatoms. The Labute approximate surface area is 112 Å². The number of hydrogen-bond acceptors (Lipinski definition) is 2. The zero-order valence-electron chi connectivity index (χ0n) is 10.6. The second-order valence-corrected chi connectivity index (χ2v) is 4.93. The number of carboxylic acid groups (broad SMARTS) is 1. The van der Waals surface area contributed by atoms with Crippen molar-refractivity contribution in [1.29, 1.82) is 0 Å². The van der Waals surface area contributed by atoms with Crippen LogP contribution in [0.4, 0.5) is 0 Å². The number of hydrogen-bond donors (Lipinski definition) is 1. The van der Waals surface area contributed by atoms with Gasteiger partial charge in [0.15, 0.2) is 0 Å². The van der Waals surface area contributed by atoms with E-state index in [-0.39, 0.29) is 0 Å². The lowest BCUT2D eigenvalue weighted by Crippen LogP contribution is -1.87. The van der Waals surface area contributed by atoms with Gasteiger partial charge >= 0.3 is 5.97 Å². The molecule has 96 valence electrons. The number of carbonyl (C=O) groups is 1. The molecule has 1 N–H and O–H groups in total. The van der Waals surface area contributed by atoms with Gasteiger partial charge in [-0.2, -0.15) is 0 Å². The van der Waals surface area contributed by atoms with E-state index in [1.807, 2.05) is 11.4 Å². The summed E-state index contributed by atoms with van der Waals surface area (Å²) in [4.78, 5) is 11.7. The van der Waals surface area contributed by atoms with Gasteiger partial charge in [-0.3, -0.25) is 0 Å². The highest BCUT2D eigenvalue weighted by Gasteiger charge is 2.01. The molecule has 0 unspecified atom stereocenters. The SMILES string of the molecule is CCCC#CCCCc1sccc1/C=C/C(=O)O. The fourth-order valence-electron chi connectivity index (χ4n) is 1.50. The van der Waals surface area contributed by atoms with Crippen LogP contribution in [0.5, 0.6) is 0 Å². The lowest BCUT2D eigenvalue weighted by Gasteiger charge is -1.97. The van der Waals surface area contributed by atoms with Crippen LogP contribution >= 0.6 is 11.3 Å². The first kappa shape index (κ1) is 14.5. The average Bonchev–Trinajstić information content (AvgIpc) is 2.78. The number of thiophene rings is 1. The predicted molar refractivity (Wildman–Crippen MR) is 76.6 cm³/mol. The molecule has 0 aliphatic carbocycles. The van der Waals surface area contributed by atoms with E-state index >= 15 is 0 Å². The van der Waals surface area contributed by atoms with E-state index in [4.69, 9.17) is 5.11 Å². The summed E-state index contributed by atoms with van der Waals surface area (Å²) in [7, 11) is 0. The summed E-state index contributed by atoms with van der Waals surface area (Å²) in [6.07, 6.45) is 7.86. The normalized spacial score (nSPS) is 10.3. The van der Waals surface area contributed by atoms with Crippen LogP contribution in [0, 0.1) is 11.8 Å². The Kier molecular flexibility index (Phi) is 6.90. The largest absolute Gasteiger partial charge is 0.478 e. The first-order chi connectivity index (χ1) is 8.74. The van der Waals surface area contributed by atoms with E-state index in [1.165, 1.54) is 11.0 Å². The maximum absolute atomic E-state index is 10.5. The van der Waals surface area contributed by atoms with Crippen LogP contribution in [0.1, 0.15) is 43.0 Å². The Morgan fingerprint density at radius 2 is 2.22 bits per heavy atom. The molecule has 1 heterocycles. The van der Waals surface area contributed by atoms with Crippen molar-refractivity contribution in [3.63, 3.8) is 0 Å². The molecule has 0 spiro atoms. The molecule has 0 aliphatic heterocycles. The van der Waals surface area contributed by atoms with Gasteiger partial charge in [-0.15, -0.1) is 23.2 Å². The molecule has 0 saturated carbocycles. The van der Waals surface area contributed by atoms with E-state index in [0.29, 0.717) is 0 Å². The van der Waals surface area contributed by atoms with Crippen molar-refractivity contribution in [2.75, 3.05) is 0 Å². The standard InChI is InChI=1S/C15H18O2S/c1-2-3-4-5-6-7-8-14-13(11-12-18-14)9-10-15(16)17/h9-12H,2-3,6-8H2,1H3,(H,16,17)/b10-9+. The summed E-state index contributed by atoms with van der Waals surface area (Å²) in [5.74, 6) is 5.39. The third-order valence-corrected chi connectivity index (χ3v) is 3.39. The fraction of sp³-hybridized carbons (Fsp3) is 0.400. The zero-order chi connectivity index (χ0) is 13.2. The Morgan fingerprint density at radius 1 is 1.44 bits per heavy atom. The van der Waals surface area contributed by atoms with Gasteiger partial charge < -0.3 is 5.11 Å². The molecule has 0 fully saturated rings. The van der Waals surface area contributed by atoms with Crippen LogP contribution in [0.25, 0.3) is 6.08 Å². The summed E-state index contributed by atoms with van der Waals surface area (Å²) in [5.41, 5.74) is 1.02. The van der Waals surface area contributed by atoms with Gasteiger partial charge in [0.2, 0.25) is 0 Å². The number of aryl methyl sites for hydroxylation is 1. The van der Waals surface area contributed by atoms with Crippen LogP contribution in [-0.4, -0.2) is 11.1 Å². The first-order valence-corrected chi connectivity index (χ1v) is 7.05. The third-order valence-electron chi connectivity index (χ3n) is 2.39. The van der Waals surface area contributed by atoms with E-state index < -0.39 is 5.97 Å². The zero-order valence-corrected chi connectivity index (χ0v) is 11.4.